The van der Waals surface area contributed by atoms with E-state index in [-0.39, 0.29) is 5.95 Å². The zero-order valence-electron chi connectivity index (χ0n) is 16.1. The van der Waals surface area contributed by atoms with Crippen molar-refractivity contribution in [1.29, 1.82) is 0 Å². The van der Waals surface area contributed by atoms with Crippen LogP contribution in [0.25, 0.3) is 22.6 Å². The Morgan fingerprint density at radius 3 is 2.50 bits per heavy atom. The monoisotopic (exact) mass is 371 g/mol. The van der Waals surface area contributed by atoms with E-state index >= 15 is 0 Å². The van der Waals surface area contributed by atoms with E-state index in [1.807, 2.05) is 49.5 Å². The van der Waals surface area contributed by atoms with Crippen molar-refractivity contribution in [1.82, 2.24) is 29.9 Å². The molecule has 140 valence electrons. The minimum absolute atomic E-state index is 0.211. The molecule has 0 aliphatic rings. The van der Waals surface area contributed by atoms with Gasteiger partial charge in [0.25, 0.3) is 0 Å². The molecule has 1 aromatic carbocycles. The van der Waals surface area contributed by atoms with Gasteiger partial charge in [-0.1, -0.05) is 29.5 Å². The van der Waals surface area contributed by atoms with Crippen molar-refractivity contribution in [3.8, 4) is 22.6 Å². The lowest BCUT2D eigenvalue weighted by Crippen LogP contribution is -2.03. The number of aryl methyl sites for hydroxylation is 2. The van der Waals surface area contributed by atoms with Crippen LogP contribution < -0.4 is 5.73 Å². The summed E-state index contributed by atoms with van der Waals surface area (Å²) in [7, 11) is 0. The number of anilines is 1. The van der Waals surface area contributed by atoms with Gasteiger partial charge in [-0.15, -0.1) is 5.10 Å². The molecule has 3 aromatic heterocycles. The molecule has 7 nitrogen and oxygen atoms in total. The number of aromatic nitrogens is 6. The molecular formula is C21H21N7. The fraction of sp³-hybridized carbons (Fsp3) is 0.190. The van der Waals surface area contributed by atoms with Crippen molar-refractivity contribution < 1.29 is 0 Å². The number of hydrogen-bond donors (Lipinski definition) is 1. The Kier molecular flexibility index (Phi) is 4.57. The number of benzene rings is 1. The van der Waals surface area contributed by atoms with Gasteiger partial charge < -0.3 is 5.73 Å². The molecule has 0 aliphatic heterocycles. The molecule has 28 heavy (non-hydrogen) atoms. The van der Waals surface area contributed by atoms with Crippen LogP contribution in [0.1, 0.15) is 22.5 Å². The highest BCUT2D eigenvalue weighted by Gasteiger charge is 2.12. The van der Waals surface area contributed by atoms with Crippen LogP contribution in [-0.2, 0) is 6.54 Å². The van der Waals surface area contributed by atoms with Crippen LogP contribution in [0.15, 0.2) is 48.7 Å². The van der Waals surface area contributed by atoms with Crippen LogP contribution in [0, 0.1) is 20.8 Å². The van der Waals surface area contributed by atoms with Crippen LogP contribution in [0.3, 0.4) is 0 Å². The number of nitrogen functional groups attached to an aromatic ring is 1. The summed E-state index contributed by atoms with van der Waals surface area (Å²) in [5, 5.41) is 8.47. The topological polar surface area (TPSA) is 95.4 Å². The molecule has 0 bridgehead atoms. The summed E-state index contributed by atoms with van der Waals surface area (Å²) >= 11 is 0. The highest BCUT2D eigenvalue weighted by molar-refractivity contribution is 5.70. The zero-order valence-corrected chi connectivity index (χ0v) is 16.1. The second kappa shape index (κ2) is 7.19. The summed E-state index contributed by atoms with van der Waals surface area (Å²) in [6, 6.07) is 13.9. The minimum Gasteiger partial charge on any atom is -0.368 e. The molecule has 0 radical (unpaired) electrons. The molecule has 0 fully saturated rings. The second-order valence-electron chi connectivity index (χ2n) is 6.82. The molecule has 2 N–H and O–H groups in total. The minimum atomic E-state index is 0.211. The number of pyridine rings is 1. The Morgan fingerprint density at radius 1 is 0.893 bits per heavy atom. The summed E-state index contributed by atoms with van der Waals surface area (Å²) < 4.78 is 1.74. The molecule has 0 amide bonds. The molecule has 0 saturated carbocycles. The third-order valence-electron chi connectivity index (χ3n) is 4.70. The van der Waals surface area contributed by atoms with Gasteiger partial charge in [-0.25, -0.2) is 14.6 Å². The smallest absolute Gasteiger partial charge is 0.221 e. The van der Waals surface area contributed by atoms with E-state index < -0.39 is 0 Å². The summed E-state index contributed by atoms with van der Waals surface area (Å²) in [5.41, 5.74) is 13.4. The molecular weight excluding hydrogens is 350 g/mol. The van der Waals surface area contributed by atoms with Crippen molar-refractivity contribution >= 4 is 5.95 Å². The maximum atomic E-state index is 5.98. The Hall–Kier alpha value is -3.61. The zero-order chi connectivity index (χ0) is 19.7. The van der Waals surface area contributed by atoms with E-state index in [0.29, 0.717) is 17.9 Å². The van der Waals surface area contributed by atoms with E-state index in [9.17, 15) is 0 Å². The molecule has 0 spiro atoms. The molecule has 3 heterocycles. The summed E-state index contributed by atoms with van der Waals surface area (Å²) in [6.07, 6.45) is 1.85. The Bertz CT molecular complexity index is 1150. The van der Waals surface area contributed by atoms with Gasteiger partial charge in [0.15, 0.2) is 0 Å². The van der Waals surface area contributed by atoms with Crippen molar-refractivity contribution in [2.45, 2.75) is 27.3 Å². The summed E-state index contributed by atoms with van der Waals surface area (Å²) in [4.78, 5) is 13.3. The predicted molar refractivity (Wildman–Crippen MR) is 108 cm³/mol. The fourth-order valence-corrected chi connectivity index (χ4v) is 3.11. The summed E-state index contributed by atoms with van der Waals surface area (Å²) in [5.74, 6) is 0.211. The number of nitrogens with two attached hydrogens (primary N) is 1. The SMILES string of the molecule is Cc1cccc(Cn2cc(-c3cc(-c4cccc(C)c4C)nc(N)n3)nn2)n1. The van der Waals surface area contributed by atoms with Crippen molar-refractivity contribution in [3.63, 3.8) is 0 Å². The van der Waals surface area contributed by atoms with Gasteiger partial charge in [0, 0.05) is 11.3 Å². The normalized spacial score (nSPS) is 11.0. The highest BCUT2D eigenvalue weighted by atomic mass is 15.4. The molecule has 0 unspecified atom stereocenters. The number of hydrogen-bond acceptors (Lipinski definition) is 6. The van der Waals surface area contributed by atoms with E-state index in [2.05, 4.69) is 45.2 Å². The maximum absolute atomic E-state index is 5.98. The lowest BCUT2D eigenvalue weighted by molar-refractivity contribution is 0.637. The van der Waals surface area contributed by atoms with Gasteiger partial charge in [0.2, 0.25) is 5.95 Å². The van der Waals surface area contributed by atoms with E-state index in [1.165, 1.54) is 11.1 Å². The van der Waals surface area contributed by atoms with Crippen molar-refractivity contribution in [2.24, 2.45) is 0 Å². The number of nitrogens with zero attached hydrogens (tertiary/aromatic N) is 6. The first-order valence-electron chi connectivity index (χ1n) is 9.04. The van der Waals surface area contributed by atoms with E-state index in [1.54, 1.807) is 4.68 Å². The first kappa shape index (κ1) is 17.8. The lowest BCUT2D eigenvalue weighted by atomic mass is 10.0. The Labute approximate surface area is 163 Å². The van der Waals surface area contributed by atoms with Gasteiger partial charge in [0.1, 0.15) is 5.69 Å². The van der Waals surface area contributed by atoms with E-state index in [4.69, 9.17) is 5.73 Å². The molecule has 4 aromatic rings. The van der Waals surface area contributed by atoms with Gasteiger partial charge >= 0.3 is 0 Å². The molecule has 7 heteroatoms. The fourth-order valence-electron chi connectivity index (χ4n) is 3.11. The van der Waals surface area contributed by atoms with Crippen LogP contribution in [0.2, 0.25) is 0 Å². The standard InChI is InChI=1S/C21H21N7/c1-13-6-4-9-17(15(13)3)18-10-19(25-21(22)24-18)20-12-28(27-26-20)11-16-8-5-7-14(2)23-16/h4-10,12H,11H2,1-3H3,(H2,22,24,25). The quantitative estimate of drug-likeness (QED) is 0.591. The highest BCUT2D eigenvalue weighted by Crippen LogP contribution is 2.27. The first-order valence-corrected chi connectivity index (χ1v) is 9.04. The number of rotatable bonds is 4. The van der Waals surface area contributed by atoms with Gasteiger partial charge in [-0.05, 0) is 50.1 Å². The molecule has 0 aliphatic carbocycles. The largest absolute Gasteiger partial charge is 0.368 e. The Balaban J connectivity index is 1.68. The molecule has 0 atom stereocenters. The lowest BCUT2D eigenvalue weighted by Gasteiger charge is -2.09. The summed E-state index contributed by atoms with van der Waals surface area (Å²) in [6.45, 7) is 6.66. The first-order chi connectivity index (χ1) is 13.5. The molecule has 0 saturated heterocycles. The van der Waals surface area contributed by atoms with Crippen molar-refractivity contribution in [2.75, 3.05) is 5.73 Å². The average Bonchev–Trinajstić information content (AvgIpc) is 3.12. The van der Waals surface area contributed by atoms with Crippen LogP contribution in [-0.4, -0.2) is 29.9 Å². The van der Waals surface area contributed by atoms with Gasteiger partial charge in [0.05, 0.1) is 29.8 Å². The third kappa shape index (κ3) is 3.59. The van der Waals surface area contributed by atoms with Crippen LogP contribution >= 0.6 is 0 Å². The van der Waals surface area contributed by atoms with Crippen LogP contribution in [0.4, 0.5) is 5.95 Å². The molecule has 4 rings (SSSR count). The van der Waals surface area contributed by atoms with Crippen LogP contribution in [0.5, 0.6) is 0 Å². The predicted octanol–water partition coefficient (Wildman–Crippen LogP) is 3.35. The third-order valence-corrected chi connectivity index (χ3v) is 4.70. The van der Waals surface area contributed by atoms with Gasteiger partial charge in [-0.3, -0.25) is 4.98 Å². The Morgan fingerprint density at radius 2 is 1.68 bits per heavy atom. The van der Waals surface area contributed by atoms with Gasteiger partial charge in [-0.2, -0.15) is 0 Å². The second-order valence-corrected chi connectivity index (χ2v) is 6.82. The van der Waals surface area contributed by atoms with Crippen molar-refractivity contribution in [3.05, 3.63) is 71.2 Å². The van der Waals surface area contributed by atoms with E-state index in [0.717, 1.165) is 22.6 Å². The average molecular weight is 371 g/mol. The maximum Gasteiger partial charge on any atom is 0.221 e.